The molecule has 29 heavy (non-hydrogen) atoms. The molecule has 0 spiro atoms. The summed E-state index contributed by atoms with van der Waals surface area (Å²) in [5, 5.41) is 6.64. The molecule has 1 aliphatic rings. The first-order valence-electron chi connectivity index (χ1n) is 10.2. The van der Waals surface area contributed by atoms with Gasteiger partial charge in [0.15, 0.2) is 5.96 Å². The van der Waals surface area contributed by atoms with Gasteiger partial charge in [-0.3, -0.25) is 14.5 Å². The first-order valence-corrected chi connectivity index (χ1v) is 10.2. The van der Waals surface area contributed by atoms with Crippen LogP contribution in [0.2, 0.25) is 0 Å². The minimum atomic E-state index is -0.000747. The smallest absolute Gasteiger partial charge is 0.253 e. The number of carbonyl (C=O) groups excluding carboxylic acids is 2. The number of nitrogens with one attached hydrogen (secondary N) is 2. The van der Waals surface area contributed by atoms with Crippen molar-refractivity contribution in [2.24, 2.45) is 4.99 Å². The van der Waals surface area contributed by atoms with Crippen molar-refractivity contribution in [2.75, 3.05) is 59.9 Å². The van der Waals surface area contributed by atoms with Gasteiger partial charge in [-0.2, -0.15) is 0 Å². The molecule has 1 aliphatic heterocycles. The lowest BCUT2D eigenvalue weighted by atomic mass is 10.1. The first kappa shape index (κ1) is 22.7. The Hall–Kier alpha value is -2.61. The number of hydrogen-bond donors (Lipinski definition) is 2. The van der Waals surface area contributed by atoms with Crippen LogP contribution in [-0.2, 0) is 11.3 Å². The molecule has 8 heteroatoms. The molecule has 1 aromatic rings. The van der Waals surface area contributed by atoms with Crippen LogP contribution < -0.4 is 10.6 Å². The van der Waals surface area contributed by atoms with Gasteiger partial charge in [-0.1, -0.05) is 12.1 Å². The van der Waals surface area contributed by atoms with E-state index in [4.69, 9.17) is 0 Å². The van der Waals surface area contributed by atoms with Gasteiger partial charge >= 0.3 is 0 Å². The molecule has 8 nitrogen and oxygen atoms in total. The Morgan fingerprint density at radius 2 is 1.72 bits per heavy atom. The van der Waals surface area contributed by atoms with Crippen LogP contribution in [0.25, 0.3) is 0 Å². The second-order valence-electron chi connectivity index (χ2n) is 7.37. The topological polar surface area (TPSA) is 80.3 Å². The molecule has 0 aromatic heterocycles. The third-order valence-electron chi connectivity index (χ3n) is 4.91. The summed E-state index contributed by atoms with van der Waals surface area (Å²) in [5.41, 5.74) is 1.73. The Morgan fingerprint density at radius 3 is 2.28 bits per heavy atom. The SMILES string of the molecule is CCNC(=NCc1ccc(C(=O)N(C)C)cc1)NCCN1CCN(C(C)=O)CC1. The number of carbonyl (C=O) groups is 2. The lowest BCUT2D eigenvalue weighted by molar-refractivity contribution is -0.130. The van der Waals surface area contributed by atoms with E-state index in [1.165, 1.54) is 0 Å². The van der Waals surface area contributed by atoms with Gasteiger partial charge in [-0.25, -0.2) is 4.99 Å². The van der Waals surface area contributed by atoms with E-state index in [1.54, 1.807) is 25.9 Å². The summed E-state index contributed by atoms with van der Waals surface area (Å²) in [7, 11) is 3.50. The highest BCUT2D eigenvalue weighted by molar-refractivity contribution is 5.93. The minimum Gasteiger partial charge on any atom is -0.357 e. The molecule has 1 saturated heterocycles. The highest BCUT2D eigenvalue weighted by atomic mass is 16.2. The van der Waals surface area contributed by atoms with Crippen LogP contribution in [0.5, 0.6) is 0 Å². The molecular weight excluding hydrogens is 368 g/mol. The quantitative estimate of drug-likeness (QED) is 0.516. The largest absolute Gasteiger partial charge is 0.357 e. The summed E-state index contributed by atoms with van der Waals surface area (Å²) in [5.74, 6) is 0.936. The van der Waals surface area contributed by atoms with Gasteiger partial charge in [-0.05, 0) is 24.6 Å². The molecule has 0 bridgehead atoms. The fourth-order valence-corrected chi connectivity index (χ4v) is 3.14. The predicted octanol–water partition coefficient (Wildman–Crippen LogP) is 0.608. The lowest BCUT2D eigenvalue weighted by Crippen LogP contribution is -2.50. The van der Waals surface area contributed by atoms with Gasteiger partial charge in [0, 0.05) is 72.4 Å². The molecule has 0 radical (unpaired) electrons. The number of guanidine groups is 1. The average molecular weight is 403 g/mol. The van der Waals surface area contributed by atoms with Gasteiger partial charge < -0.3 is 20.4 Å². The molecule has 0 unspecified atom stereocenters. The predicted molar refractivity (Wildman–Crippen MR) is 116 cm³/mol. The van der Waals surface area contributed by atoms with E-state index in [9.17, 15) is 9.59 Å². The van der Waals surface area contributed by atoms with Gasteiger partial charge in [0.05, 0.1) is 6.54 Å². The number of piperazine rings is 1. The zero-order valence-electron chi connectivity index (χ0n) is 18.1. The Bertz CT molecular complexity index is 694. The highest BCUT2D eigenvalue weighted by Gasteiger charge is 2.17. The number of benzene rings is 1. The van der Waals surface area contributed by atoms with Gasteiger partial charge in [0.25, 0.3) is 5.91 Å². The van der Waals surface area contributed by atoms with Crippen molar-refractivity contribution in [1.82, 2.24) is 25.3 Å². The molecule has 0 aliphatic carbocycles. The third-order valence-corrected chi connectivity index (χ3v) is 4.91. The Morgan fingerprint density at radius 1 is 1.07 bits per heavy atom. The molecule has 160 valence electrons. The van der Waals surface area contributed by atoms with Crippen molar-refractivity contribution in [2.45, 2.75) is 20.4 Å². The van der Waals surface area contributed by atoms with Crippen LogP contribution in [0.15, 0.2) is 29.3 Å². The van der Waals surface area contributed by atoms with Crippen molar-refractivity contribution < 1.29 is 9.59 Å². The molecule has 2 rings (SSSR count). The standard InChI is InChI=1S/C21H34N6O2/c1-5-22-21(23-10-11-26-12-14-27(15-13-26)17(2)28)24-16-18-6-8-19(9-7-18)20(29)25(3)4/h6-9H,5,10-16H2,1-4H3,(H2,22,23,24). The van der Waals surface area contributed by atoms with Crippen LogP contribution in [0.4, 0.5) is 0 Å². The fraction of sp³-hybridized carbons (Fsp3) is 0.571. The van der Waals surface area contributed by atoms with Gasteiger partial charge in [-0.15, -0.1) is 0 Å². The average Bonchev–Trinajstić information content (AvgIpc) is 2.72. The molecule has 0 atom stereocenters. The maximum atomic E-state index is 12.0. The monoisotopic (exact) mass is 402 g/mol. The second-order valence-corrected chi connectivity index (χ2v) is 7.37. The first-order chi connectivity index (χ1) is 13.9. The molecule has 2 amide bonds. The summed E-state index contributed by atoms with van der Waals surface area (Å²) >= 11 is 0. The van der Waals surface area contributed by atoms with E-state index >= 15 is 0 Å². The summed E-state index contributed by atoms with van der Waals surface area (Å²) < 4.78 is 0. The van der Waals surface area contributed by atoms with E-state index in [-0.39, 0.29) is 11.8 Å². The maximum Gasteiger partial charge on any atom is 0.253 e. The van der Waals surface area contributed by atoms with Crippen LogP contribution in [0.1, 0.15) is 29.8 Å². The number of hydrogen-bond acceptors (Lipinski definition) is 4. The van der Waals surface area contributed by atoms with Crippen LogP contribution >= 0.6 is 0 Å². The third kappa shape index (κ3) is 7.38. The molecule has 1 fully saturated rings. The van der Waals surface area contributed by atoms with Crippen LogP contribution in [0.3, 0.4) is 0 Å². The van der Waals surface area contributed by atoms with E-state index in [1.807, 2.05) is 36.1 Å². The summed E-state index contributed by atoms with van der Waals surface area (Å²) in [6.07, 6.45) is 0. The molecular formula is C21H34N6O2. The number of rotatable bonds is 7. The van der Waals surface area contributed by atoms with Crippen molar-refractivity contribution in [1.29, 1.82) is 0 Å². The van der Waals surface area contributed by atoms with Crippen molar-refractivity contribution in [3.8, 4) is 0 Å². The Kier molecular flexibility index (Phi) is 8.92. The molecule has 1 heterocycles. The van der Waals surface area contributed by atoms with Crippen molar-refractivity contribution in [3.05, 3.63) is 35.4 Å². The second kappa shape index (κ2) is 11.4. The Balaban J connectivity index is 1.80. The van der Waals surface area contributed by atoms with E-state index < -0.39 is 0 Å². The molecule has 0 saturated carbocycles. The number of nitrogens with zero attached hydrogens (tertiary/aromatic N) is 4. The number of aliphatic imine (C=N–C) groups is 1. The normalized spacial score (nSPS) is 15.2. The van der Waals surface area contributed by atoms with E-state index in [2.05, 4.69) is 20.5 Å². The Labute approximate surface area is 173 Å². The summed E-state index contributed by atoms with van der Waals surface area (Å²) in [6, 6.07) is 7.57. The lowest BCUT2D eigenvalue weighted by Gasteiger charge is -2.34. The maximum absolute atomic E-state index is 12.0. The van der Waals surface area contributed by atoms with E-state index in [0.717, 1.165) is 57.3 Å². The van der Waals surface area contributed by atoms with Crippen molar-refractivity contribution >= 4 is 17.8 Å². The molecule has 1 aromatic carbocycles. The summed E-state index contributed by atoms with van der Waals surface area (Å²) in [4.78, 5) is 33.8. The van der Waals surface area contributed by atoms with Gasteiger partial charge in [0.2, 0.25) is 5.91 Å². The number of amides is 2. The van der Waals surface area contributed by atoms with Gasteiger partial charge in [0.1, 0.15) is 0 Å². The zero-order chi connectivity index (χ0) is 21.2. The van der Waals surface area contributed by atoms with E-state index in [0.29, 0.717) is 12.1 Å². The fourth-order valence-electron chi connectivity index (χ4n) is 3.14. The van der Waals surface area contributed by atoms with Crippen molar-refractivity contribution in [3.63, 3.8) is 0 Å². The summed E-state index contributed by atoms with van der Waals surface area (Å²) in [6.45, 7) is 10.1. The molecule has 2 N–H and O–H groups in total. The van der Waals surface area contributed by atoms with Crippen LogP contribution in [0, 0.1) is 0 Å². The zero-order valence-corrected chi connectivity index (χ0v) is 18.1. The van der Waals surface area contributed by atoms with Crippen LogP contribution in [-0.4, -0.2) is 92.4 Å². The highest BCUT2D eigenvalue weighted by Crippen LogP contribution is 2.07. The minimum absolute atomic E-state index is 0.000747.